The zero-order valence-electron chi connectivity index (χ0n) is 21.4. The lowest BCUT2D eigenvalue weighted by Gasteiger charge is -2.39. The van der Waals surface area contributed by atoms with Gasteiger partial charge in [-0.05, 0) is 75.7 Å². The Balaban J connectivity index is 1.86. The number of piperidine rings is 1. The van der Waals surface area contributed by atoms with Gasteiger partial charge < -0.3 is 9.67 Å². The molecule has 0 radical (unpaired) electrons. The van der Waals surface area contributed by atoms with E-state index >= 15 is 0 Å². The van der Waals surface area contributed by atoms with Crippen LogP contribution in [0.2, 0.25) is 5.02 Å². The summed E-state index contributed by atoms with van der Waals surface area (Å²) in [6, 6.07) is 7.40. The molecular weight excluding hydrogens is 478 g/mol. The van der Waals surface area contributed by atoms with Crippen LogP contribution < -0.4 is 11.2 Å². The van der Waals surface area contributed by atoms with Crippen LogP contribution in [0.25, 0.3) is 11.2 Å². The molecule has 192 valence electrons. The highest BCUT2D eigenvalue weighted by molar-refractivity contribution is 6.30. The second-order valence-electron chi connectivity index (χ2n) is 10.2. The summed E-state index contributed by atoms with van der Waals surface area (Å²) in [5.41, 5.74) is 0.296. The van der Waals surface area contributed by atoms with Crippen molar-refractivity contribution in [3.05, 3.63) is 61.5 Å². The lowest BCUT2D eigenvalue weighted by molar-refractivity contribution is 0.117. The molecule has 1 N–H and O–H groups in total. The minimum absolute atomic E-state index is 0.112. The summed E-state index contributed by atoms with van der Waals surface area (Å²) in [6.07, 6.45) is 2.60. The molecule has 0 bridgehead atoms. The normalized spacial score (nSPS) is 15.3. The number of rotatable bonds is 6. The standard InChI is InChI=1S/C27H34ClN5O3/c1-19-11-15-31(16-12-19)27(2,3)13-10-22-29-24-23(33(22)18-20-6-8-21(28)9-7-20)25(35)32(14-5-17-34)26(36)30(24)4/h6-9,19,34H,5,11-12,14-18H2,1-4H3. The minimum Gasteiger partial charge on any atom is -0.396 e. The number of likely N-dealkylation sites (tertiary alicyclic amines) is 1. The smallest absolute Gasteiger partial charge is 0.332 e. The maximum absolute atomic E-state index is 13.5. The molecule has 0 amide bonds. The number of aromatic nitrogens is 4. The quantitative estimate of drug-likeness (QED) is 0.514. The van der Waals surface area contributed by atoms with Gasteiger partial charge >= 0.3 is 5.69 Å². The first-order valence-electron chi connectivity index (χ1n) is 12.5. The van der Waals surface area contributed by atoms with Crippen LogP contribution in [0.5, 0.6) is 0 Å². The number of halogens is 1. The van der Waals surface area contributed by atoms with Crippen molar-refractivity contribution in [2.45, 2.75) is 58.7 Å². The van der Waals surface area contributed by atoms with E-state index in [4.69, 9.17) is 11.6 Å². The highest BCUT2D eigenvalue weighted by Gasteiger charge is 2.28. The third-order valence-corrected chi connectivity index (χ3v) is 7.33. The van der Waals surface area contributed by atoms with E-state index in [-0.39, 0.29) is 18.7 Å². The summed E-state index contributed by atoms with van der Waals surface area (Å²) in [4.78, 5) is 33.5. The van der Waals surface area contributed by atoms with Crippen molar-refractivity contribution in [1.82, 2.24) is 23.6 Å². The first kappa shape index (κ1) is 26.2. The van der Waals surface area contributed by atoms with Gasteiger partial charge in [0.2, 0.25) is 0 Å². The number of benzene rings is 1. The zero-order valence-corrected chi connectivity index (χ0v) is 22.2. The third kappa shape index (κ3) is 5.29. The Morgan fingerprint density at radius 2 is 1.81 bits per heavy atom. The van der Waals surface area contributed by atoms with Gasteiger partial charge in [-0.2, -0.15) is 0 Å². The third-order valence-electron chi connectivity index (χ3n) is 7.08. The summed E-state index contributed by atoms with van der Waals surface area (Å²) in [6.45, 7) is 8.87. The summed E-state index contributed by atoms with van der Waals surface area (Å²) in [7, 11) is 1.61. The molecule has 1 aromatic carbocycles. The predicted molar refractivity (Wildman–Crippen MR) is 142 cm³/mol. The number of aliphatic hydroxyl groups excluding tert-OH is 1. The molecule has 0 saturated carbocycles. The van der Waals surface area contributed by atoms with Crippen molar-refractivity contribution in [3.8, 4) is 11.8 Å². The Hall–Kier alpha value is -2.86. The van der Waals surface area contributed by atoms with Crippen LogP contribution in [0.3, 0.4) is 0 Å². The molecule has 1 aliphatic rings. The number of aryl methyl sites for hydroxylation is 1. The lowest BCUT2D eigenvalue weighted by atomic mass is 9.94. The molecule has 4 rings (SSSR count). The van der Waals surface area contributed by atoms with E-state index in [9.17, 15) is 14.7 Å². The average Bonchev–Trinajstić information content (AvgIpc) is 3.21. The molecule has 0 atom stereocenters. The van der Waals surface area contributed by atoms with Crippen LogP contribution in [0.1, 0.15) is 51.4 Å². The Bertz CT molecular complexity index is 1410. The summed E-state index contributed by atoms with van der Waals surface area (Å²) in [5.74, 6) is 7.81. The number of aliphatic hydroxyl groups is 1. The first-order valence-corrected chi connectivity index (χ1v) is 12.8. The van der Waals surface area contributed by atoms with E-state index in [0.717, 1.165) is 42.0 Å². The second-order valence-corrected chi connectivity index (χ2v) is 10.6. The Kier molecular flexibility index (Phi) is 7.74. The van der Waals surface area contributed by atoms with Gasteiger partial charge in [-0.15, -0.1) is 0 Å². The van der Waals surface area contributed by atoms with Gasteiger partial charge in [0.15, 0.2) is 17.0 Å². The topological polar surface area (TPSA) is 85.3 Å². The highest BCUT2D eigenvalue weighted by Crippen LogP contribution is 2.24. The Morgan fingerprint density at radius 1 is 1.14 bits per heavy atom. The van der Waals surface area contributed by atoms with Gasteiger partial charge in [-0.3, -0.25) is 18.8 Å². The highest BCUT2D eigenvalue weighted by atomic mass is 35.5. The average molecular weight is 512 g/mol. The van der Waals surface area contributed by atoms with E-state index in [1.54, 1.807) is 23.7 Å². The van der Waals surface area contributed by atoms with E-state index in [1.165, 1.54) is 4.57 Å². The minimum atomic E-state index is -0.459. The van der Waals surface area contributed by atoms with Gasteiger partial charge in [-0.1, -0.05) is 36.6 Å². The monoisotopic (exact) mass is 511 g/mol. The summed E-state index contributed by atoms with van der Waals surface area (Å²) >= 11 is 6.08. The maximum Gasteiger partial charge on any atom is 0.332 e. The molecule has 3 heterocycles. The molecular formula is C27H34ClN5O3. The number of nitrogens with zero attached hydrogens (tertiary/aromatic N) is 5. The lowest BCUT2D eigenvalue weighted by Crippen LogP contribution is -2.47. The largest absolute Gasteiger partial charge is 0.396 e. The Labute approximate surface area is 216 Å². The van der Waals surface area contributed by atoms with Gasteiger partial charge in [-0.25, -0.2) is 9.78 Å². The molecule has 1 aliphatic heterocycles. The fourth-order valence-electron chi connectivity index (χ4n) is 4.67. The molecule has 0 aliphatic carbocycles. The molecule has 1 fully saturated rings. The van der Waals surface area contributed by atoms with E-state index < -0.39 is 11.2 Å². The SMILES string of the molecule is CC1CCN(C(C)(C)C#Cc2nc3c(c(=O)n(CCCO)c(=O)n3C)n2Cc2ccc(Cl)cc2)CC1. The number of fused-ring (bicyclic) bond motifs is 1. The van der Waals surface area contributed by atoms with Crippen molar-refractivity contribution in [1.29, 1.82) is 0 Å². The molecule has 2 aromatic heterocycles. The van der Waals surface area contributed by atoms with Crippen molar-refractivity contribution in [2.75, 3.05) is 19.7 Å². The number of hydrogen-bond acceptors (Lipinski definition) is 5. The van der Waals surface area contributed by atoms with Gasteiger partial charge in [0, 0.05) is 25.2 Å². The fraction of sp³-hybridized carbons (Fsp3) is 0.519. The van der Waals surface area contributed by atoms with Crippen molar-refractivity contribution < 1.29 is 5.11 Å². The van der Waals surface area contributed by atoms with Crippen molar-refractivity contribution in [3.63, 3.8) is 0 Å². The zero-order chi connectivity index (χ0) is 26.0. The molecule has 36 heavy (non-hydrogen) atoms. The molecule has 1 saturated heterocycles. The molecule has 3 aromatic rings. The molecule has 0 unspecified atom stereocenters. The predicted octanol–water partition coefficient (Wildman–Crippen LogP) is 2.84. The van der Waals surface area contributed by atoms with Crippen molar-refractivity contribution in [2.24, 2.45) is 13.0 Å². The van der Waals surface area contributed by atoms with Gasteiger partial charge in [0.1, 0.15) is 0 Å². The van der Waals surface area contributed by atoms with E-state index in [0.29, 0.717) is 35.0 Å². The first-order chi connectivity index (χ1) is 17.1. The van der Waals surface area contributed by atoms with Crippen molar-refractivity contribution >= 4 is 22.8 Å². The number of imidazole rings is 1. The van der Waals surface area contributed by atoms with E-state index in [1.807, 2.05) is 12.1 Å². The summed E-state index contributed by atoms with van der Waals surface area (Å²) in [5, 5.41) is 9.89. The Morgan fingerprint density at radius 3 is 2.44 bits per heavy atom. The van der Waals surface area contributed by atoms with Gasteiger partial charge in [0.25, 0.3) is 5.56 Å². The molecule has 0 spiro atoms. The van der Waals surface area contributed by atoms with Crippen LogP contribution in [0.4, 0.5) is 0 Å². The summed E-state index contributed by atoms with van der Waals surface area (Å²) < 4.78 is 4.33. The molecule has 9 heteroatoms. The van der Waals surface area contributed by atoms with Crippen LogP contribution in [-0.2, 0) is 20.1 Å². The molecule has 8 nitrogen and oxygen atoms in total. The van der Waals surface area contributed by atoms with Crippen LogP contribution in [0.15, 0.2) is 33.9 Å². The second kappa shape index (κ2) is 10.6. The van der Waals surface area contributed by atoms with Crippen LogP contribution in [0, 0.1) is 17.8 Å². The maximum atomic E-state index is 13.5. The fourth-order valence-corrected chi connectivity index (χ4v) is 4.80. The van der Waals surface area contributed by atoms with Gasteiger partial charge in [0.05, 0.1) is 12.1 Å². The van der Waals surface area contributed by atoms with Crippen LogP contribution >= 0.6 is 11.6 Å². The van der Waals surface area contributed by atoms with Crippen LogP contribution in [-0.4, -0.2) is 53.9 Å². The van der Waals surface area contributed by atoms with E-state index in [2.05, 4.69) is 42.5 Å². The number of hydrogen-bond donors (Lipinski definition) is 1.